The van der Waals surface area contributed by atoms with Crippen molar-refractivity contribution in [2.45, 2.75) is 6.92 Å². The van der Waals surface area contributed by atoms with Crippen molar-refractivity contribution in [1.29, 1.82) is 0 Å². The van der Waals surface area contributed by atoms with Gasteiger partial charge in [-0.05, 0) is 24.6 Å². The van der Waals surface area contributed by atoms with Crippen molar-refractivity contribution in [3.05, 3.63) is 66.0 Å². The first-order valence-electron chi connectivity index (χ1n) is 6.95. The zero-order valence-electron chi connectivity index (χ0n) is 12.3. The highest BCUT2D eigenvalue weighted by Gasteiger charge is 2.15. The van der Waals surface area contributed by atoms with Crippen LogP contribution in [0.5, 0.6) is 0 Å². The summed E-state index contributed by atoms with van der Waals surface area (Å²) in [5.74, 6) is -1.29. The summed E-state index contributed by atoms with van der Waals surface area (Å²) in [4.78, 5) is 8.18. The molecule has 3 rings (SSSR count). The lowest BCUT2D eigenvalue weighted by Crippen LogP contribution is -2.05. The molecule has 0 aliphatic carbocycles. The van der Waals surface area contributed by atoms with Crippen molar-refractivity contribution < 1.29 is 8.78 Å². The standard InChI is InChI=1S/C17H14F2N4/c1-10-5-2-3-6-11(10)15-14(20)17(22-9-21-15)23-16-12(18)7-4-8-13(16)19/h2-9H,20H2,1H3,(H,21,22,23). The van der Waals surface area contributed by atoms with Crippen LogP contribution < -0.4 is 11.1 Å². The number of nitrogen functional groups attached to an aromatic ring is 1. The molecular weight excluding hydrogens is 298 g/mol. The molecule has 0 saturated carbocycles. The molecule has 6 heteroatoms. The summed E-state index contributed by atoms with van der Waals surface area (Å²) in [6.07, 6.45) is 1.30. The lowest BCUT2D eigenvalue weighted by atomic mass is 10.0. The highest BCUT2D eigenvalue weighted by atomic mass is 19.1. The van der Waals surface area contributed by atoms with Gasteiger partial charge in [-0.1, -0.05) is 30.3 Å². The molecule has 0 amide bonds. The Kier molecular flexibility index (Phi) is 3.89. The number of anilines is 3. The number of halogens is 2. The average molecular weight is 312 g/mol. The topological polar surface area (TPSA) is 63.8 Å². The Bertz CT molecular complexity index is 845. The van der Waals surface area contributed by atoms with Gasteiger partial charge in [0, 0.05) is 5.56 Å². The van der Waals surface area contributed by atoms with E-state index in [1.165, 1.54) is 12.4 Å². The molecule has 0 unspecified atom stereocenters. The number of hydrogen-bond acceptors (Lipinski definition) is 4. The van der Waals surface area contributed by atoms with Crippen LogP contribution in [0.2, 0.25) is 0 Å². The first-order valence-corrected chi connectivity index (χ1v) is 6.95. The van der Waals surface area contributed by atoms with Crippen molar-refractivity contribution >= 4 is 17.2 Å². The van der Waals surface area contributed by atoms with E-state index in [1.54, 1.807) is 0 Å². The third-order valence-corrected chi connectivity index (χ3v) is 3.49. The van der Waals surface area contributed by atoms with Gasteiger partial charge in [0.05, 0.1) is 5.69 Å². The molecule has 0 fully saturated rings. The minimum absolute atomic E-state index is 0.155. The smallest absolute Gasteiger partial charge is 0.157 e. The second kappa shape index (κ2) is 6.00. The number of nitrogens with one attached hydrogen (secondary N) is 1. The zero-order chi connectivity index (χ0) is 16.4. The Morgan fingerprint density at radius 1 is 0.957 bits per heavy atom. The van der Waals surface area contributed by atoms with Crippen molar-refractivity contribution in [1.82, 2.24) is 9.97 Å². The summed E-state index contributed by atoms with van der Waals surface area (Å²) < 4.78 is 27.5. The predicted molar refractivity (Wildman–Crippen MR) is 86.3 cm³/mol. The molecule has 0 bridgehead atoms. The van der Waals surface area contributed by atoms with E-state index < -0.39 is 11.6 Å². The van der Waals surface area contributed by atoms with Crippen LogP contribution >= 0.6 is 0 Å². The molecule has 0 spiro atoms. The van der Waals surface area contributed by atoms with Crippen LogP contribution in [0.1, 0.15) is 5.56 Å². The number of nitrogens with two attached hydrogens (primary N) is 1. The monoisotopic (exact) mass is 312 g/mol. The quantitative estimate of drug-likeness (QED) is 0.765. The highest BCUT2D eigenvalue weighted by molar-refractivity contribution is 5.83. The van der Waals surface area contributed by atoms with Gasteiger partial charge < -0.3 is 11.1 Å². The fraction of sp³-hybridized carbons (Fsp3) is 0.0588. The minimum Gasteiger partial charge on any atom is -0.394 e. The Balaban J connectivity index is 2.06. The van der Waals surface area contributed by atoms with Crippen LogP contribution in [0.3, 0.4) is 0 Å². The van der Waals surface area contributed by atoms with E-state index in [1.807, 2.05) is 31.2 Å². The van der Waals surface area contributed by atoms with Gasteiger partial charge in [-0.2, -0.15) is 0 Å². The minimum atomic E-state index is -0.722. The molecule has 2 aromatic carbocycles. The summed E-state index contributed by atoms with van der Waals surface area (Å²) in [6, 6.07) is 11.2. The number of nitrogens with zero attached hydrogens (tertiary/aromatic N) is 2. The van der Waals surface area contributed by atoms with E-state index in [-0.39, 0.29) is 17.2 Å². The molecule has 4 nitrogen and oxygen atoms in total. The van der Waals surface area contributed by atoms with Crippen molar-refractivity contribution in [3.8, 4) is 11.3 Å². The van der Waals surface area contributed by atoms with E-state index >= 15 is 0 Å². The number of aromatic nitrogens is 2. The maximum atomic E-state index is 13.8. The van der Waals surface area contributed by atoms with Crippen molar-refractivity contribution in [3.63, 3.8) is 0 Å². The first kappa shape index (κ1) is 14.9. The molecule has 1 aromatic heterocycles. The molecule has 1 heterocycles. The summed E-state index contributed by atoms with van der Waals surface area (Å²) in [5.41, 5.74) is 8.36. The normalized spacial score (nSPS) is 10.6. The number of rotatable bonds is 3. The number of hydrogen-bond donors (Lipinski definition) is 2. The Morgan fingerprint density at radius 3 is 2.35 bits per heavy atom. The fourth-order valence-electron chi connectivity index (χ4n) is 2.28. The van der Waals surface area contributed by atoms with E-state index in [2.05, 4.69) is 15.3 Å². The molecule has 0 radical (unpaired) electrons. The van der Waals surface area contributed by atoms with Crippen LogP contribution in [0, 0.1) is 18.6 Å². The van der Waals surface area contributed by atoms with Gasteiger partial charge in [-0.3, -0.25) is 0 Å². The Hall–Kier alpha value is -3.02. The summed E-state index contributed by atoms with van der Waals surface area (Å²) >= 11 is 0. The molecule has 116 valence electrons. The van der Waals surface area contributed by atoms with Crippen LogP contribution in [0.25, 0.3) is 11.3 Å². The molecule has 3 aromatic rings. The van der Waals surface area contributed by atoms with Gasteiger partial charge in [0.2, 0.25) is 0 Å². The van der Waals surface area contributed by atoms with Gasteiger partial charge >= 0.3 is 0 Å². The fourth-order valence-corrected chi connectivity index (χ4v) is 2.28. The molecule has 0 aliphatic rings. The van der Waals surface area contributed by atoms with Gasteiger partial charge in [0.25, 0.3) is 0 Å². The van der Waals surface area contributed by atoms with Gasteiger partial charge in [-0.25, -0.2) is 18.7 Å². The van der Waals surface area contributed by atoms with E-state index in [0.717, 1.165) is 23.3 Å². The lowest BCUT2D eigenvalue weighted by Gasteiger charge is -2.13. The Morgan fingerprint density at radius 2 is 1.65 bits per heavy atom. The SMILES string of the molecule is Cc1ccccc1-c1ncnc(Nc2c(F)cccc2F)c1N. The molecule has 23 heavy (non-hydrogen) atoms. The first-order chi connectivity index (χ1) is 11.1. The molecule has 3 N–H and O–H groups in total. The van der Waals surface area contributed by atoms with Crippen LogP contribution in [-0.2, 0) is 0 Å². The molecule has 0 atom stereocenters. The second-order valence-electron chi connectivity index (χ2n) is 5.02. The second-order valence-corrected chi connectivity index (χ2v) is 5.02. The van der Waals surface area contributed by atoms with E-state index in [4.69, 9.17) is 5.73 Å². The van der Waals surface area contributed by atoms with Crippen LogP contribution in [0.15, 0.2) is 48.8 Å². The summed E-state index contributed by atoms with van der Waals surface area (Å²) in [6.45, 7) is 1.93. The van der Waals surface area contributed by atoms with E-state index in [9.17, 15) is 8.78 Å². The third-order valence-electron chi connectivity index (χ3n) is 3.49. The Labute approximate surface area is 132 Å². The van der Waals surface area contributed by atoms with Gasteiger partial charge in [0.15, 0.2) is 5.82 Å². The van der Waals surface area contributed by atoms with Crippen LogP contribution in [-0.4, -0.2) is 9.97 Å². The molecular formula is C17H14F2N4. The largest absolute Gasteiger partial charge is 0.394 e. The number of para-hydroxylation sites is 1. The predicted octanol–water partition coefficient (Wildman–Crippen LogP) is 4.06. The van der Waals surface area contributed by atoms with Crippen molar-refractivity contribution in [2.24, 2.45) is 0 Å². The number of benzene rings is 2. The van der Waals surface area contributed by atoms with Crippen molar-refractivity contribution in [2.75, 3.05) is 11.1 Å². The summed E-state index contributed by atoms with van der Waals surface area (Å²) in [7, 11) is 0. The average Bonchev–Trinajstić information content (AvgIpc) is 2.53. The molecule has 0 saturated heterocycles. The third kappa shape index (κ3) is 2.83. The van der Waals surface area contributed by atoms with Crippen LogP contribution in [0.4, 0.5) is 26.0 Å². The maximum Gasteiger partial charge on any atom is 0.157 e. The zero-order valence-corrected chi connectivity index (χ0v) is 12.3. The summed E-state index contributed by atoms with van der Waals surface area (Å²) in [5, 5.41) is 2.61. The van der Waals surface area contributed by atoms with Gasteiger partial charge in [0.1, 0.15) is 29.3 Å². The maximum absolute atomic E-state index is 13.8. The van der Waals surface area contributed by atoms with E-state index in [0.29, 0.717) is 5.69 Å². The number of aryl methyl sites for hydroxylation is 1. The highest BCUT2D eigenvalue weighted by Crippen LogP contribution is 2.32. The lowest BCUT2D eigenvalue weighted by molar-refractivity contribution is 0.590. The van der Waals surface area contributed by atoms with Gasteiger partial charge in [-0.15, -0.1) is 0 Å². The molecule has 0 aliphatic heterocycles.